The van der Waals surface area contributed by atoms with E-state index in [0.29, 0.717) is 13.2 Å². The Morgan fingerprint density at radius 3 is 2.53 bits per heavy atom. The van der Waals surface area contributed by atoms with Gasteiger partial charge in [-0.15, -0.1) is 0 Å². The van der Waals surface area contributed by atoms with Crippen LogP contribution in [0.25, 0.3) is 0 Å². The second kappa shape index (κ2) is 8.86. The van der Waals surface area contributed by atoms with Gasteiger partial charge in [-0.2, -0.15) is 0 Å². The SMILES string of the molecule is C[C@H](COCc1ccccc1)[C@@H](O)[C@@H](C)/C=C/CO. The summed E-state index contributed by atoms with van der Waals surface area (Å²) in [5.74, 6) is 0.0736. The molecule has 106 valence electrons. The van der Waals surface area contributed by atoms with Gasteiger partial charge in [0.1, 0.15) is 0 Å². The minimum atomic E-state index is -0.460. The molecule has 1 rings (SSSR count). The number of hydrogen-bond donors (Lipinski definition) is 2. The third-order valence-electron chi connectivity index (χ3n) is 3.16. The zero-order chi connectivity index (χ0) is 14.1. The predicted molar refractivity (Wildman–Crippen MR) is 76.7 cm³/mol. The molecule has 0 saturated carbocycles. The van der Waals surface area contributed by atoms with Crippen LogP contribution < -0.4 is 0 Å². The van der Waals surface area contributed by atoms with E-state index in [0.717, 1.165) is 5.56 Å². The van der Waals surface area contributed by atoms with Gasteiger partial charge in [-0.3, -0.25) is 0 Å². The summed E-state index contributed by atoms with van der Waals surface area (Å²) >= 11 is 0. The number of benzene rings is 1. The first-order valence-corrected chi connectivity index (χ1v) is 6.72. The van der Waals surface area contributed by atoms with Crippen molar-refractivity contribution < 1.29 is 14.9 Å². The summed E-state index contributed by atoms with van der Waals surface area (Å²) in [5, 5.41) is 18.8. The highest BCUT2D eigenvalue weighted by molar-refractivity contribution is 5.13. The Morgan fingerprint density at radius 1 is 1.21 bits per heavy atom. The van der Waals surface area contributed by atoms with Crippen LogP contribution in [0.15, 0.2) is 42.5 Å². The summed E-state index contributed by atoms with van der Waals surface area (Å²) in [4.78, 5) is 0. The summed E-state index contributed by atoms with van der Waals surface area (Å²) in [5.41, 5.74) is 1.14. The Labute approximate surface area is 115 Å². The van der Waals surface area contributed by atoms with Crippen molar-refractivity contribution in [1.82, 2.24) is 0 Å². The summed E-state index contributed by atoms with van der Waals surface area (Å²) in [6, 6.07) is 9.99. The first kappa shape index (κ1) is 15.9. The van der Waals surface area contributed by atoms with Crippen molar-refractivity contribution in [1.29, 1.82) is 0 Å². The third-order valence-corrected chi connectivity index (χ3v) is 3.16. The van der Waals surface area contributed by atoms with Gasteiger partial charge in [0.15, 0.2) is 0 Å². The average molecular weight is 264 g/mol. The fraction of sp³-hybridized carbons (Fsp3) is 0.500. The molecule has 3 heteroatoms. The summed E-state index contributed by atoms with van der Waals surface area (Å²) in [6.45, 7) is 5.01. The maximum Gasteiger partial charge on any atom is 0.0717 e. The van der Waals surface area contributed by atoms with Crippen molar-refractivity contribution in [3.63, 3.8) is 0 Å². The van der Waals surface area contributed by atoms with Gasteiger partial charge in [0, 0.05) is 11.8 Å². The molecule has 0 aliphatic rings. The zero-order valence-corrected chi connectivity index (χ0v) is 11.7. The van der Waals surface area contributed by atoms with Crippen molar-refractivity contribution in [2.45, 2.75) is 26.6 Å². The summed E-state index contributed by atoms with van der Waals surface area (Å²) in [6.07, 6.45) is 3.03. The highest BCUT2D eigenvalue weighted by Gasteiger charge is 2.19. The van der Waals surface area contributed by atoms with Crippen molar-refractivity contribution in [3.05, 3.63) is 48.0 Å². The smallest absolute Gasteiger partial charge is 0.0717 e. The normalized spacial score (nSPS) is 16.4. The maximum atomic E-state index is 10.1. The molecule has 1 aromatic rings. The van der Waals surface area contributed by atoms with Crippen LogP contribution in [0, 0.1) is 11.8 Å². The monoisotopic (exact) mass is 264 g/mol. The van der Waals surface area contributed by atoms with Gasteiger partial charge < -0.3 is 14.9 Å². The molecule has 0 amide bonds. The van der Waals surface area contributed by atoms with Gasteiger partial charge >= 0.3 is 0 Å². The molecule has 3 atom stereocenters. The minimum absolute atomic E-state index is 0.00987. The molecule has 19 heavy (non-hydrogen) atoms. The molecule has 0 aliphatic heterocycles. The molecule has 1 aromatic carbocycles. The number of rotatable bonds is 8. The topological polar surface area (TPSA) is 49.7 Å². The van der Waals surface area contributed by atoms with E-state index in [1.54, 1.807) is 6.08 Å². The molecule has 0 heterocycles. The molecule has 0 bridgehead atoms. The van der Waals surface area contributed by atoms with E-state index < -0.39 is 6.10 Å². The van der Waals surface area contributed by atoms with Crippen molar-refractivity contribution >= 4 is 0 Å². The third kappa shape index (κ3) is 6.01. The van der Waals surface area contributed by atoms with Crippen molar-refractivity contribution in [3.8, 4) is 0 Å². The Kier molecular flexibility index (Phi) is 7.41. The summed E-state index contributed by atoms with van der Waals surface area (Å²) < 4.78 is 5.62. The fourth-order valence-electron chi connectivity index (χ4n) is 1.94. The van der Waals surface area contributed by atoms with Crippen molar-refractivity contribution in [2.75, 3.05) is 13.2 Å². The molecular weight excluding hydrogens is 240 g/mol. The molecule has 0 fully saturated rings. The molecule has 0 unspecified atom stereocenters. The average Bonchev–Trinajstić information content (AvgIpc) is 2.44. The van der Waals surface area contributed by atoms with Crippen molar-refractivity contribution in [2.24, 2.45) is 11.8 Å². The van der Waals surface area contributed by atoms with Gasteiger partial charge in [0.05, 0.1) is 25.9 Å². The van der Waals surface area contributed by atoms with Crippen LogP contribution in [-0.4, -0.2) is 29.5 Å². The molecule has 0 radical (unpaired) electrons. The van der Waals surface area contributed by atoms with Gasteiger partial charge in [-0.05, 0) is 5.56 Å². The molecule has 3 nitrogen and oxygen atoms in total. The Bertz CT molecular complexity index is 362. The van der Waals surface area contributed by atoms with Gasteiger partial charge in [0.2, 0.25) is 0 Å². The lowest BCUT2D eigenvalue weighted by molar-refractivity contribution is 0.0133. The van der Waals surface area contributed by atoms with E-state index in [4.69, 9.17) is 9.84 Å². The van der Waals surface area contributed by atoms with E-state index in [9.17, 15) is 5.11 Å². The van der Waals surface area contributed by atoms with Gasteiger partial charge in [-0.1, -0.05) is 56.3 Å². The van der Waals surface area contributed by atoms with Crippen LogP contribution >= 0.6 is 0 Å². The quantitative estimate of drug-likeness (QED) is 0.709. The van der Waals surface area contributed by atoms with Crippen LogP contribution in [0.1, 0.15) is 19.4 Å². The lowest BCUT2D eigenvalue weighted by Crippen LogP contribution is -2.27. The molecule has 0 aliphatic carbocycles. The second-order valence-corrected chi connectivity index (χ2v) is 4.94. The molecule has 0 aromatic heterocycles. The van der Waals surface area contributed by atoms with E-state index in [2.05, 4.69) is 0 Å². The minimum Gasteiger partial charge on any atom is -0.392 e. The number of ether oxygens (including phenoxy) is 1. The Hall–Kier alpha value is -1.16. The number of aliphatic hydroxyl groups excluding tert-OH is 2. The van der Waals surface area contributed by atoms with Crippen LogP contribution in [0.2, 0.25) is 0 Å². The van der Waals surface area contributed by atoms with Gasteiger partial charge in [0.25, 0.3) is 0 Å². The van der Waals surface area contributed by atoms with Crippen LogP contribution in [-0.2, 0) is 11.3 Å². The Balaban J connectivity index is 2.30. The largest absolute Gasteiger partial charge is 0.392 e. The first-order valence-electron chi connectivity index (χ1n) is 6.72. The van der Waals surface area contributed by atoms with E-state index in [1.165, 1.54) is 0 Å². The van der Waals surface area contributed by atoms with Crippen LogP contribution in [0.5, 0.6) is 0 Å². The fourth-order valence-corrected chi connectivity index (χ4v) is 1.94. The number of hydrogen-bond acceptors (Lipinski definition) is 3. The Morgan fingerprint density at radius 2 is 1.89 bits per heavy atom. The summed E-state index contributed by atoms with van der Waals surface area (Å²) in [7, 11) is 0. The van der Waals surface area contributed by atoms with E-state index >= 15 is 0 Å². The standard InChI is InChI=1S/C16H24O3/c1-13(7-6-10-17)16(18)14(2)11-19-12-15-8-4-3-5-9-15/h3-9,13-14,16-18H,10-12H2,1-2H3/b7-6+/t13-,14+,16-/m0/s1. The van der Waals surface area contributed by atoms with Crippen LogP contribution in [0.4, 0.5) is 0 Å². The molecule has 0 spiro atoms. The lowest BCUT2D eigenvalue weighted by atomic mass is 9.94. The van der Waals surface area contributed by atoms with Crippen LogP contribution in [0.3, 0.4) is 0 Å². The highest BCUT2D eigenvalue weighted by atomic mass is 16.5. The van der Waals surface area contributed by atoms with E-state index in [1.807, 2.05) is 50.3 Å². The highest BCUT2D eigenvalue weighted by Crippen LogP contribution is 2.15. The zero-order valence-electron chi connectivity index (χ0n) is 11.7. The first-order chi connectivity index (χ1) is 9.15. The number of aliphatic hydroxyl groups is 2. The second-order valence-electron chi connectivity index (χ2n) is 4.94. The molecule has 0 saturated heterocycles. The molecular formula is C16H24O3. The lowest BCUT2D eigenvalue weighted by Gasteiger charge is -2.22. The van der Waals surface area contributed by atoms with Gasteiger partial charge in [-0.25, -0.2) is 0 Å². The molecule has 2 N–H and O–H groups in total. The van der Waals surface area contributed by atoms with E-state index in [-0.39, 0.29) is 18.4 Å². The predicted octanol–water partition coefficient (Wildman–Crippen LogP) is 2.38. The maximum absolute atomic E-state index is 10.1.